The van der Waals surface area contributed by atoms with E-state index < -0.39 is 17.8 Å². The van der Waals surface area contributed by atoms with Gasteiger partial charge in [-0.2, -0.15) is 0 Å². The number of esters is 1. The number of anilines is 2. The van der Waals surface area contributed by atoms with Gasteiger partial charge in [-0.3, -0.25) is 9.59 Å². The van der Waals surface area contributed by atoms with Gasteiger partial charge in [0.05, 0.1) is 25.5 Å². The highest BCUT2D eigenvalue weighted by Crippen LogP contribution is 2.23. The number of carbonyl (C=O) groups excluding carboxylic acids is 3. The van der Waals surface area contributed by atoms with Gasteiger partial charge in [-0.15, -0.1) is 0 Å². The average molecular weight is 328 g/mol. The summed E-state index contributed by atoms with van der Waals surface area (Å²) in [6.45, 7) is 0. The third-order valence-electron chi connectivity index (χ3n) is 3.10. The second kappa shape index (κ2) is 7.77. The van der Waals surface area contributed by atoms with Crippen molar-refractivity contribution >= 4 is 29.2 Å². The molecule has 7 nitrogen and oxygen atoms in total. The van der Waals surface area contributed by atoms with Gasteiger partial charge in [-0.25, -0.2) is 4.79 Å². The number of carbonyl (C=O) groups is 3. The molecule has 0 aliphatic rings. The summed E-state index contributed by atoms with van der Waals surface area (Å²) in [5, 5.41) is 4.88. The molecule has 0 saturated heterocycles. The summed E-state index contributed by atoms with van der Waals surface area (Å²) >= 11 is 0. The van der Waals surface area contributed by atoms with E-state index >= 15 is 0 Å². The standard InChI is InChI=1S/C17H16N2O5/c1-23-14-9-4-3-8-13(14)19-16(21)15(20)18-12-7-5-6-11(10-12)17(22)24-2/h3-10H,1-2H3,(H,18,20)(H,19,21). The Morgan fingerprint density at radius 3 is 2.29 bits per heavy atom. The number of para-hydroxylation sites is 2. The van der Waals surface area contributed by atoms with Gasteiger partial charge in [0.15, 0.2) is 0 Å². The third-order valence-corrected chi connectivity index (χ3v) is 3.10. The molecule has 0 aromatic heterocycles. The number of hydrogen-bond acceptors (Lipinski definition) is 5. The minimum atomic E-state index is -0.872. The van der Waals surface area contributed by atoms with Crippen molar-refractivity contribution in [3.8, 4) is 5.75 Å². The fourth-order valence-corrected chi connectivity index (χ4v) is 1.96. The first-order valence-corrected chi connectivity index (χ1v) is 6.99. The summed E-state index contributed by atoms with van der Waals surface area (Å²) in [7, 11) is 2.72. The van der Waals surface area contributed by atoms with Crippen molar-refractivity contribution in [1.29, 1.82) is 0 Å². The van der Waals surface area contributed by atoms with E-state index in [4.69, 9.17) is 4.74 Å². The number of benzene rings is 2. The van der Waals surface area contributed by atoms with Crippen LogP contribution in [0.15, 0.2) is 48.5 Å². The van der Waals surface area contributed by atoms with Crippen LogP contribution < -0.4 is 15.4 Å². The van der Waals surface area contributed by atoms with Crippen LogP contribution in [0.1, 0.15) is 10.4 Å². The first-order chi connectivity index (χ1) is 11.5. The number of amides is 2. The predicted octanol–water partition coefficient (Wildman–Crippen LogP) is 2.06. The zero-order valence-corrected chi connectivity index (χ0v) is 13.2. The zero-order chi connectivity index (χ0) is 17.5. The SMILES string of the molecule is COC(=O)c1cccc(NC(=O)C(=O)Nc2ccccc2OC)c1. The second-order valence-corrected chi connectivity index (χ2v) is 4.68. The normalized spacial score (nSPS) is 9.75. The molecule has 2 rings (SSSR count). The summed E-state index contributed by atoms with van der Waals surface area (Å²) in [5.74, 6) is -1.83. The first-order valence-electron chi connectivity index (χ1n) is 6.99. The van der Waals surface area contributed by atoms with E-state index in [-0.39, 0.29) is 5.56 Å². The van der Waals surface area contributed by atoms with E-state index in [1.54, 1.807) is 36.4 Å². The monoisotopic (exact) mass is 328 g/mol. The van der Waals surface area contributed by atoms with Crippen LogP contribution in [0.3, 0.4) is 0 Å². The largest absolute Gasteiger partial charge is 0.495 e. The molecule has 0 fully saturated rings. The molecule has 0 aliphatic heterocycles. The molecule has 0 spiro atoms. The minimum Gasteiger partial charge on any atom is -0.495 e. The summed E-state index contributed by atoms with van der Waals surface area (Å²) in [5.41, 5.74) is 0.946. The van der Waals surface area contributed by atoms with Crippen molar-refractivity contribution in [3.05, 3.63) is 54.1 Å². The maximum absolute atomic E-state index is 12.0. The lowest BCUT2D eigenvalue weighted by atomic mass is 10.2. The Labute approximate surface area is 138 Å². The van der Waals surface area contributed by atoms with Crippen molar-refractivity contribution in [1.82, 2.24) is 0 Å². The van der Waals surface area contributed by atoms with Gasteiger partial charge >= 0.3 is 17.8 Å². The Balaban J connectivity index is 2.07. The molecule has 24 heavy (non-hydrogen) atoms. The maximum Gasteiger partial charge on any atom is 0.337 e. The van der Waals surface area contributed by atoms with Crippen LogP contribution >= 0.6 is 0 Å². The Kier molecular flexibility index (Phi) is 5.51. The van der Waals surface area contributed by atoms with Crippen LogP contribution in [0.4, 0.5) is 11.4 Å². The van der Waals surface area contributed by atoms with Gasteiger partial charge in [0, 0.05) is 5.69 Å². The van der Waals surface area contributed by atoms with Crippen molar-refractivity contribution < 1.29 is 23.9 Å². The van der Waals surface area contributed by atoms with E-state index in [0.29, 0.717) is 17.1 Å². The molecule has 0 atom stereocenters. The Hall–Kier alpha value is -3.35. The Bertz CT molecular complexity index is 773. The highest BCUT2D eigenvalue weighted by molar-refractivity contribution is 6.43. The number of methoxy groups -OCH3 is 2. The lowest BCUT2D eigenvalue weighted by Crippen LogP contribution is -2.29. The molecular formula is C17H16N2O5. The van der Waals surface area contributed by atoms with Crippen LogP contribution in [0.25, 0.3) is 0 Å². The molecule has 7 heteroatoms. The molecule has 2 amide bonds. The lowest BCUT2D eigenvalue weighted by Gasteiger charge is -2.10. The second-order valence-electron chi connectivity index (χ2n) is 4.68. The average Bonchev–Trinajstić information content (AvgIpc) is 2.61. The van der Waals surface area contributed by atoms with Crippen molar-refractivity contribution in [2.75, 3.05) is 24.9 Å². The molecule has 0 radical (unpaired) electrons. The molecular weight excluding hydrogens is 312 g/mol. The topological polar surface area (TPSA) is 93.7 Å². The Morgan fingerprint density at radius 1 is 0.875 bits per heavy atom. The van der Waals surface area contributed by atoms with Crippen LogP contribution in [0.2, 0.25) is 0 Å². The predicted molar refractivity (Wildman–Crippen MR) is 88.0 cm³/mol. The van der Waals surface area contributed by atoms with Gasteiger partial charge in [-0.05, 0) is 30.3 Å². The van der Waals surface area contributed by atoms with E-state index in [9.17, 15) is 14.4 Å². The molecule has 2 aromatic rings. The maximum atomic E-state index is 12.0. The quantitative estimate of drug-likeness (QED) is 0.662. The van der Waals surface area contributed by atoms with E-state index in [0.717, 1.165) is 0 Å². The number of ether oxygens (including phenoxy) is 2. The highest BCUT2D eigenvalue weighted by Gasteiger charge is 2.16. The van der Waals surface area contributed by atoms with Crippen LogP contribution in [0, 0.1) is 0 Å². The number of hydrogen-bond donors (Lipinski definition) is 2. The van der Waals surface area contributed by atoms with Crippen molar-refractivity contribution in [2.24, 2.45) is 0 Å². The van der Waals surface area contributed by atoms with Gasteiger partial charge in [0.1, 0.15) is 5.75 Å². The van der Waals surface area contributed by atoms with Crippen molar-refractivity contribution in [2.45, 2.75) is 0 Å². The van der Waals surface area contributed by atoms with Gasteiger partial charge in [-0.1, -0.05) is 18.2 Å². The molecule has 0 aliphatic carbocycles. The summed E-state index contributed by atoms with van der Waals surface area (Å²) < 4.78 is 9.70. The fraction of sp³-hybridized carbons (Fsp3) is 0.118. The van der Waals surface area contributed by atoms with Gasteiger partial charge < -0.3 is 20.1 Å². The number of rotatable bonds is 4. The summed E-state index contributed by atoms with van der Waals surface area (Å²) in [6, 6.07) is 12.8. The van der Waals surface area contributed by atoms with Crippen LogP contribution in [-0.4, -0.2) is 32.0 Å². The van der Waals surface area contributed by atoms with Gasteiger partial charge in [0.25, 0.3) is 0 Å². The van der Waals surface area contributed by atoms with Crippen LogP contribution in [-0.2, 0) is 14.3 Å². The molecule has 0 bridgehead atoms. The van der Waals surface area contributed by atoms with Crippen molar-refractivity contribution in [3.63, 3.8) is 0 Å². The molecule has 124 valence electrons. The van der Waals surface area contributed by atoms with Crippen LogP contribution in [0.5, 0.6) is 5.75 Å². The molecule has 0 heterocycles. The summed E-state index contributed by atoms with van der Waals surface area (Å²) in [4.78, 5) is 35.4. The van der Waals surface area contributed by atoms with Gasteiger partial charge in [0.2, 0.25) is 0 Å². The minimum absolute atomic E-state index is 0.264. The number of nitrogens with one attached hydrogen (secondary N) is 2. The molecule has 0 saturated carbocycles. The van der Waals surface area contributed by atoms with E-state index in [1.165, 1.54) is 26.4 Å². The zero-order valence-electron chi connectivity index (χ0n) is 13.2. The lowest BCUT2D eigenvalue weighted by molar-refractivity contribution is -0.133. The molecule has 2 N–H and O–H groups in total. The molecule has 2 aromatic carbocycles. The molecule has 0 unspecified atom stereocenters. The fourth-order valence-electron chi connectivity index (χ4n) is 1.96. The highest BCUT2D eigenvalue weighted by atomic mass is 16.5. The third kappa shape index (κ3) is 4.10. The Morgan fingerprint density at radius 2 is 1.58 bits per heavy atom. The first kappa shape index (κ1) is 17.0. The van der Waals surface area contributed by atoms with E-state index in [1.807, 2.05) is 0 Å². The smallest absolute Gasteiger partial charge is 0.337 e. The van der Waals surface area contributed by atoms with E-state index in [2.05, 4.69) is 15.4 Å². The summed E-state index contributed by atoms with van der Waals surface area (Å²) in [6.07, 6.45) is 0.